The van der Waals surface area contributed by atoms with Gasteiger partial charge in [0.2, 0.25) is 0 Å². The summed E-state index contributed by atoms with van der Waals surface area (Å²) in [6.07, 6.45) is 17.5. The standard InChI is InChI=1S/C5H10O.C5H8O.C4H8O.C4H6O.4C2H6/c2*1-2-4-6-5-3-1;2*1-2-4-5-3-1;4*1-2/h1-5H2;2,4H,1,3,5H2;1-4H2;1,3H,2,4H2;4*1-2H3. The summed E-state index contributed by atoms with van der Waals surface area (Å²) in [7, 11) is 0. The predicted molar refractivity (Wildman–Crippen MR) is 134 cm³/mol. The molecule has 2 saturated heterocycles. The van der Waals surface area contributed by atoms with Gasteiger partial charge in [-0.15, -0.1) is 0 Å². The molecule has 0 aliphatic carbocycles. The molecule has 2 fully saturated rings. The van der Waals surface area contributed by atoms with E-state index in [-0.39, 0.29) is 0 Å². The highest BCUT2D eigenvalue weighted by atomic mass is 16.5. The summed E-state index contributed by atoms with van der Waals surface area (Å²) >= 11 is 0. The van der Waals surface area contributed by atoms with E-state index in [9.17, 15) is 0 Å². The topological polar surface area (TPSA) is 36.9 Å². The van der Waals surface area contributed by atoms with Gasteiger partial charge in [-0.05, 0) is 57.1 Å². The zero-order chi connectivity index (χ0) is 23.6. The molecule has 0 bridgehead atoms. The predicted octanol–water partition coefficient (Wildman–Crippen LogP) is 8.32. The molecule has 4 heterocycles. The molecule has 0 aromatic rings. The van der Waals surface area contributed by atoms with Crippen LogP contribution in [0.3, 0.4) is 0 Å². The van der Waals surface area contributed by atoms with Gasteiger partial charge in [-0.25, -0.2) is 0 Å². The van der Waals surface area contributed by atoms with Gasteiger partial charge in [0.15, 0.2) is 0 Å². The molecule has 0 unspecified atom stereocenters. The van der Waals surface area contributed by atoms with Crippen LogP contribution in [0.15, 0.2) is 24.7 Å². The van der Waals surface area contributed by atoms with Gasteiger partial charge >= 0.3 is 0 Å². The van der Waals surface area contributed by atoms with Crippen LogP contribution in [0.25, 0.3) is 0 Å². The van der Waals surface area contributed by atoms with Gasteiger partial charge < -0.3 is 18.9 Å². The van der Waals surface area contributed by atoms with Crippen LogP contribution in [-0.4, -0.2) is 39.6 Å². The second kappa shape index (κ2) is 46.3. The molecular weight excluding hydrogens is 376 g/mol. The van der Waals surface area contributed by atoms with Gasteiger partial charge in [0.05, 0.1) is 25.7 Å². The Kier molecular flexibility index (Phi) is 56.1. The Labute approximate surface area is 190 Å². The Morgan fingerprint density at radius 2 is 0.800 bits per heavy atom. The van der Waals surface area contributed by atoms with E-state index in [1.807, 2.05) is 67.5 Å². The lowest BCUT2D eigenvalue weighted by atomic mass is 10.2. The van der Waals surface area contributed by atoms with Gasteiger partial charge in [-0.1, -0.05) is 55.4 Å². The largest absolute Gasteiger partial charge is 0.502 e. The molecule has 4 nitrogen and oxygen atoms in total. The minimum atomic E-state index is 0.889. The van der Waals surface area contributed by atoms with Gasteiger partial charge in [-0.2, -0.15) is 0 Å². The monoisotopic (exact) mass is 432 g/mol. The summed E-state index contributed by atoms with van der Waals surface area (Å²) in [5.41, 5.74) is 0. The van der Waals surface area contributed by atoms with Crippen LogP contribution in [0.2, 0.25) is 0 Å². The number of ether oxygens (including phenoxy) is 4. The molecule has 0 aromatic carbocycles. The van der Waals surface area contributed by atoms with Crippen molar-refractivity contribution < 1.29 is 18.9 Å². The van der Waals surface area contributed by atoms with Crippen molar-refractivity contribution in [3.05, 3.63) is 24.7 Å². The van der Waals surface area contributed by atoms with Crippen molar-refractivity contribution in [2.75, 3.05) is 39.6 Å². The molecule has 4 heteroatoms. The number of hydrogen-bond acceptors (Lipinski definition) is 4. The van der Waals surface area contributed by atoms with Gasteiger partial charge in [0.1, 0.15) is 0 Å². The first-order valence-electron chi connectivity index (χ1n) is 12.7. The minimum Gasteiger partial charge on any atom is -0.502 e. The fraction of sp³-hybridized carbons (Fsp3) is 0.846. The molecule has 0 radical (unpaired) electrons. The second-order valence-corrected chi connectivity index (χ2v) is 5.41. The van der Waals surface area contributed by atoms with Gasteiger partial charge in [-0.3, -0.25) is 0 Å². The third kappa shape index (κ3) is 41.4. The second-order valence-electron chi connectivity index (χ2n) is 5.41. The molecule has 0 saturated carbocycles. The average molecular weight is 433 g/mol. The molecule has 184 valence electrons. The summed E-state index contributed by atoms with van der Waals surface area (Å²) in [4.78, 5) is 0. The maximum atomic E-state index is 5.07. The highest BCUT2D eigenvalue weighted by molar-refractivity contribution is 4.78. The Hall–Kier alpha value is -1.00. The van der Waals surface area contributed by atoms with Gasteiger partial charge in [0.25, 0.3) is 0 Å². The van der Waals surface area contributed by atoms with E-state index in [1.54, 1.807) is 12.5 Å². The van der Waals surface area contributed by atoms with Crippen molar-refractivity contribution in [2.45, 2.75) is 107 Å². The summed E-state index contributed by atoms with van der Waals surface area (Å²) in [5, 5.41) is 0. The van der Waals surface area contributed by atoms with E-state index in [2.05, 4.69) is 0 Å². The van der Waals surface area contributed by atoms with Crippen LogP contribution < -0.4 is 0 Å². The number of rotatable bonds is 0. The molecule has 4 rings (SSSR count). The molecule has 0 N–H and O–H groups in total. The van der Waals surface area contributed by atoms with E-state index in [1.165, 1.54) is 44.9 Å². The van der Waals surface area contributed by atoms with Crippen molar-refractivity contribution >= 4 is 0 Å². The molecule has 0 amide bonds. The van der Waals surface area contributed by atoms with Crippen LogP contribution in [0.4, 0.5) is 0 Å². The van der Waals surface area contributed by atoms with Gasteiger partial charge in [0, 0.05) is 32.8 Å². The zero-order valence-electron chi connectivity index (χ0n) is 21.8. The SMILES string of the molecule is C1=COCC1.C1=COCCC1.C1CCOC1.C1CCOCC1.CC.CC.CC.CC. The molecular formula is C26H56O4. The summed E-state index contributed by atoms with van der Waals surface area (Å²) < 4.78 is 19.7. The fourth-order valence-electron chi connectivity index (χ4n) is 2.03. The number of hydrogen-bond donors (Lipinski definition) is 0. The first-order chi connectivity index (χ1) is 15.0. The van der Waals surface area contributed by atoms with Crippen LogP contribution in [-0.2, 0) is 18.9 Å². The van der Waals surface area contributed by atoms with Crippen molar-refractivity contribution in [2.24, 2.45) is 0 Å². The van der Waals surface area contributed by atoms with E-state index >= 15 is 0 Å². The Balaban J connectivity index is -0.000000136. The van der Waals surface area contributed by atoms with E-state index in [0.29, 0.717) is 0 Å². The maximum Gasteiger partial charge on any atom is 0.0908 e. The van der Waals surface area contributed by atoms with Crippen LogP contribution >= 0.6 is 0 Å². The normalized spacial score (nSPS) is 16.8. The van der Waals surface area contributed by atoms with Crippen molar-refractivity contribution in [1.82, 2.24) is 0 Å². The fourth-order valence-corrected chi connectivity index (χ4v) is 2.03. The summed E-state index contributed by atoms with van der Waals surface area (Å²) in [6.45, 7) is 21.8. The smallest absolute Gasteiger partial charge is 0.0908 e. The first-order valence-corrected chi connectivity index (χ1v) is 12.7. The Morgan fingerprint density at radius 1 is 0.400 bits per heavy atom. The molecule has 30 heavy (non-hydrogen) atoms. The molecule has 0 atom stereocenters. The lowest BCUT2D eigenvalue weighted by molar-refractivity contribution is 0.0968. The van der Waals surface area contributed by atoms with E-state index in [4.69, 9.17) is 18.9 Å². The molecule has 0 spiro atoms. The van der Waals surface area contributed by atoms with Crippen molar-refractivity contribution in [3.63, 3.8) is 0 Å². The number of allylic oxidation sites excluding steroid dienone is 1. The van der Waals surface area contributed by atoms with Crippen molar-refractivity contribution in [1.29, 1.82) is 0 Å². The lowest BCUT2D eigenvalue weighted by Gasteiger charge is -2.08. The Morgan fingerprint density at radius 3 is 0.933 bits per heavy atom. The third-order valence-corrected chi connectivity index (χ3v) is 3.32. The molecule has 4 aliphatic heterocycles. The van der Waals surface area contributed by atoms with Crippen molar-refractivity contribution in [3.8, 4) is 0 Å². The molecule has 4 aliphatic rings. The van der Waals surface area contributed by atoms with E-state index in [0.717, 1.165) is 46.1 Å². The maximum absolute atomic E-state index is 5.07. The van der Waals surface area contributed by atoms with Crippen LogP contribution in [0.5, 0.6) is 0 Å². The summed E-state index contributed by atoms with van der Waals surface area (Å²) in [5.74, 6) is 0. The quantitative estimate of drug-likeness (QED) is 0.385. The van der Waals surface area contributed by atoms with Crippen LogP contribution in [0.1, 0.15) is 107 Å². The van der Waals surface area contributed by atoms with Crippen LogP contribution in [0, 0.1) is 0 Å². The average Bonchev–Trinajstić information content (AvgIpc) is 3.67. The minimum absolute atomic E-state index is 0.889. The summed E-state index contributed by atoms with van der Waals surface area (Å²) in [6, 6.07) is 0. The Bertz CT molecular complexity index is 237. The molecule has 0 aromatic heterocycles. The van der Waals surface area contributed by atoms with E-state index < -0.39 is 0 Å². The zero-order valence-corrected chi connectivity index (χ0v) is 21.8. The highest BCUT2D eigenvalue weighted by Crippen LogP contribution is 2.02. The third-order valence-electron chi connectivity index (χ3n) is 3.32. The first kappa shape index (κ1) is 36.4. The lowest BCUT2D eigenvalue weighted by Crippen LogP contribution is -2.03. The highest BCUT2D eigenvalue weighted by Gasteiger charge is 1.95.